The Labute approximate surface area is 202 Å². The fourth-order valence-electron chi connectivity index (χ4n) is 3.30. The van der Waals surface area contributed by atoms with Crippen molar-refractivity contribution in [3.63, 3.8) is 0 Å². The summed E-state index contributed by atoms with van der Waals surface area (Å²) in [6.07, 6.45) is 2.40. The summed E-state index contributed by atoms with van der Waals surface area (Å²) >= 11 is 1.73. The predicted molar refractivity (Wildman–Crippen MR) is 133 cm³/mol. The number of fused-ring (bicyclic) bond motifs is 1. The van der Waals surface area contributed by atoms with E-state index in [9.17, 15) is 9.59 Å². The number of anilines is 2. The van der Waals surface area contributed by atoms with E-state index in [1.54, 1.807) is 16.7 Å². The van der Waals surface area contributed by atoms with E-state index in [4.69, 9.17) is 22.0 Å². The molecule has 12 heteroatoms. The molecule has 4 rings (SSSR count). The Balaban J connectivity index is 0.000000197. The summed E-state index contributed by atoms with van der Waals surface area (Å²) in [5.74, 6) is 6.38. The van der Waals surface area contributed by atoms with Gasteiger partial charge in [-0.3, -0.25) is 9.59 Å². The third-order valence-electron chi connectivity index (χ3n) is 5.15. The molecular weight excluding hydrogens is 456 g/mol. The number of nitrogens with two attached hydrogens (primary N) is 3. The first-order valence-corrected chi connectivity index (χ1v) is 11.8. The van der Waals surface area contributed by atoms with Crippen molar-refractivity contribution in [2.24, 2.45) is 22.4 Å². The van der Waals surface area contributed by atoms with E-state index in [2.05, 4.69) is 21.1 Å². The quantitative estimate of drug-likeness (QED) is 0.242. The summed E-state index contributed by atoms with van der Waals surface area (Å²) < 4.78 is 5.36. The van der Waals surface area contributed by atoms with Crippen molar-refractivity contribution >= 4 is 40.9 Å². The molecule has 6 N–H and O–H groups in total. The normalized spacial score (nSPS) is 16.2. The number of pyridine rings is 1. The number of amidine groups is 1. The van der Waals surface area contributed by atoms with Gasteiger partial charge in [0.05, 0.1) is 31.6 Å². The number of rotatable bonds is 4. The highest BCUT2D eigenvalue weighted by atomic mass is 32.2. The van der Waals surface area contributed by atoms with Crippen LogP contribution < -0.4 is 27.1 Å². The Bertz CT molecular complexity index is 1010. The Kier molecular flexibility index (Phi) is 9.08. The first-order chi connectivity index (χ1) is 16.3. The fourth-order valence-corrected chi connectivity index (χ4v) is 4.32. The van der Waals surface area contributed by atoms with Crippen LogP contribution >= 0.6 is 11.8 Å². The molecular formula is C22H30N8O3S. The molecule has 182 valence electrons. The standard InChI is InChI=1S/C13H17N3O2S.C9H13N5O/c1-15-10-9-14-12(16-3-5-18-6-4-16)8-11(10)19-7-2-13(15)17;10-8(9(11)15)13-14(12)6-7-4-2-1-3-5-7/h8-9H,2-7H2,1H3;1-5H,6,12H2,(H2,10,13)(H2,11,15). The molecule has 2 aromatic rings. The molecule has 34 heavy (non-hydrogen) atoms. The van der Waals surface area contributed by atoms with Gasteiger partial charge in [0, 0.05) is 37.2 Å². The third-order valence-corrected chi connectivity index (χ3v) is 6.20. The zero-order chi connectivity index (χ0) is 24.5. The molecule has 1 fully saturated rings. The van der Waals surface area contributed by atoms with Crippen molar-refractivity contribution in [1.82, 2.24) is 10.1 Å². The predicted octanol–water partition coefficient (Wildman–Crippen LogP) is 0.497. The van der Waals surface area contributed by atoms with Gasteiger partial charge in [0.1, 0.15) is 5.82 Å². The number of benzene rings is 1. The molecule has 2 aliphatic heterocycles. The molecule has 0 bridgehead atoms. The van der Waals surface area contributed by atoms with Gasteiger partial charge in [-0.25, -0.2) is 15.9 Å². The monoisotopic (exact) mass is 486 g/mol. The number of amides is 2. The van der Waals surface area contributed by atoms with Crippen LogP contribution in [0.15, 0.2) is 52.6 Å². The van der Waals surface area contributed by atoms with Crippen LogP contribution in [-0.2, 0) is 20.9 Å². The lowest BCUT2D eigenvalue weighted by molar-refractivity contribution is -0.118. The summed E-state index contributed by atoms with van der Waals surface area (Å²) in [4.78, 5) is 32.0. The second-order valence-electron chi connectivity index (χ2n) is 7.59. The van der Waals surface area contributed by atoms with Crippen molar-refractivity contribution < 1.29 is 14.3 Å². The smallest absolute Gasteiger partial charge is 0.285 e. The number of primary amides is 1. The zero-order valence-corrected chi connectivity index (χ0v) is 19.9. The highest BCUT2D eigenvalue weighted by molar-refractivity contribution is 7.99. The van der Waals surface area contributed by atoms with Crippen molar-refractivity contribution in [3.05, 3.63) is 48.2 Å². The minimum Gasteiger partial charge on any atom is -0.378 e. The largest absolute Gasteiger partial charge is 0.378 e. The van der Waals surface area contributed by atoms with Crippen LogP contribution in [0.2, 0.25) is 0 Å². The molecule has 0 saturated carbocycles. The number of hydrogen-bond donors (Lipinski definition) is 3. The number of aromatic nitrogens is 1. The van der Waals surface area contributed by atoms with Gasteiger partial charge in [-0.15, -0.1) is 16.9 Å². The average molecular weight is 487 g/mol. The zero-order valence-electron chi connectivity index (χ0n) is 19.1. The van der Waals surface area contributed by atoms with Gasteiger partial charge >= 0.3 is 0 Å². The molecule has 0 radical (unpaired) electrons. The van der Waals surface area contributed by atoms with Crippen LogP contribution in [0.25, 0.3) is 0 Å². The van der Waals surface area contributed by atoms with Gasteiger partial charge in [-0.05, 0) is 11.6 Å². The van der Waals surface area contributed by atoms with Gasteiger partial charge < -0.3 is 26.0 Å². The first-order valence-electron chi connectivity index (χ1n) is 10.8. The summed E-state index contributed by atoms with van der Waals surface area (Å²) in [6.45, 7) is 3.62. The number of carbonyl (C=O) groups is 2. The van der Waals surface area contributed by atoms with Crippen molar-refractivity contribution in [1.29, 1.82) is 0 Å². The Hall–Kier alpha value is -3.35. The number of hydrazone groups is 1. The van der Waals surface area contributed by atoms with E-state index < -0.39 is 5.91 Å². The molecule has 2 amide bonds. The van der Waals surface area contributed by atoms with E-state index in [1.165, 1.54) is 0 Å². The summed E-state index contributed by atoms with van der Waals surface area (Å²) in [7, 11) is 1.82. The number of ether oxygens (including phenoxy) is 1. The lowest BCUT2D eigenvalue weighted by Crippen LogP contribution is -2.36. The SMILES string of the molecule is CN1C(=O)CCSc2cc(N3CCOCC3)ncc21.NC(=O)/C(N)=N/N(N)Cc1ccccc1. The highest BCUT2D eigenvalue weighted by Gasteiger charge is 2.21. The molecule has 0 unspecified atom stereocenters. The number of hydrogen-bond acceptors (Lipinski definition) is 9. The molecule has 0 aliphatic carbocycles. The maximum absolute atomic E-state index is 11.8. The maximum Gasteiger partial charge on any atom is 0.285 e. The van der Waals surface area contributed by atoms with Gasteiger partial charge in [0.25, 0.3) is 5.91 Å². The van der Waals surface area contributed by atoms with Crippen molar-refractivity contribution in [2.45, 2.75) is 17.9 Å². The summed E-state index contributed by atoms with van der Waals surface area (Å²) in [5.41, 5.74) is 12.0. The Morgan fingerprint density at radius 2 is 1.94 bits per heavy atom. The Morgan fingerprint density at radius 1 is 1.24 bits per heavy atom. The Morgan fingerprint density at radius 3 is 2.62 bits per heavy atom. The second-order valence-corrected chi connectivity index (χ2v) is 8.73. The molecule has 0 atom stereocenters. The molecule has 1 saturated heterocycles. The number of hydrazine groups is 1. The van der Waals surface area contributed by atoms with Gasteiger partial charge in [-0.2, -0.15) is 0 Å². The number of carbonyl (C=O) groups excluding carboxylic acids is 2. The van der Waals surface area contributed by atoms with Crippen LogP contribution in [0, 0.1) is 0 Å². The lowest BCUT2D eigenvalue weighted by atomic mass is 10.2. The third kappa shape index (κ3) is 7.07. The van der Waals surface area contributed by atoms with Crippen molar-refractivity contribution in [2.75, 3.05) is 48.9 Å². The topological polar surface area (TPSA) is 156 Å². The highest BCUT2D eigenvalue weighted by Crippen LogP contribution is 2.35. The maximum atomic E-state index is 11.8. The van der Waals surface area contributed by atoms with Gasteiger partial charge in [0.2, 0.25) is 11.7 Å². The number of morpholine rings is 1. The fraction of sp³-hybridized carbons (Fsp3) is 0.364. The van der Waals surface area contributed by atoms with Crippen LogP contribution in [0.4, 0.5) is 11.5 Å². The molecule has 0 spiro atoms. The second kappa shape index (κ2) is 12.2. The molecule has 11 nitrogen and oxygen atoms in total. The minimum absolute atomic E-state index is 0.159. The minimum atomic E-state index is -0.793. The van der Waals surface area contributed by atoms with Gasteiger partial charge in [0.15, 0.2) is 0 Å². The van der Waals surface area contributed by atoms with E-state index in [1.807, 2.05) is 43.6 Å². The summed E-state index contributed by atoms with van der Waals surface area (Å²) in [6, 6.07) is 11.5. The first kappa shape index (κ1) is 25.3. The van der Waals surface area contributed by atoms with Crippen LogP contribution in [0.1, 0.15) is 12.0 Å². The van der Waals surface area contributed by atoms with E-state index >= 15 is 0 Å². The van der Waals surface area contributed by atoms with Gasteiger partial charge in [-0.1, -0.05) is 30.3 Å². The molecule has 1 aromatic carbocycles. The average Bonchev–Trinajstić information content (AvgIpc) is 2.98. The number of nitrogens with zero attached hydrogens (tertiary/aromatic N) is 5. The van der Waals surface area contributed by atoms with Crippen LogP contribution in [-0.4, -0.2) is 66.9 Å². The van der Waals surface area contributed by atoms with Crippen molar-refractivity contribution in [3.8, 4) is 0 Å². The van der Waals surface area contributed by atoms with E-state index in [0.29, 0.717) is 13.0 Å². The lowest BCUT2D eigenvalue weighted by Gasteiger charge is -2.28. The molecule has 1 aromatic heterocycles. The molecule has 3 heterocycles. The summed E-state index contributed by atoms with van der Waals surface area (Å²) in [5, 5.41) is 4.67. The van der Waals surface area contributed by atoms with Crippen LogP contribution in [0.3, 0.4) is 0 Å². The van der Waals surface area contributed by atoms with Crippen LogP contribution in [0.5, 0.6) is 0 Å². The molecule has 2 aliphatic rings. The van der Waals surface area contributed by atoms with E-state index in [0.717, 1.165) is 59.1 Å². The number of thioether (sulfide) groups is 1. The van der Waals surface area contributed by atoms with E-state index in [-0.39, 0.29) is 11.7 Å².